The van der Waals surface area contributed by atoms with Crippen LogP contribution in [0.4, 0.5) is 0 Å². The Hall–Kier alpha value is -1.13. The molecule has 0 aromatic carbocycles. The maximum Gasteiger partial charge on any atom is 0.218 e. The highest BCUT2D eigenvalue weighted by atomic mass is 16.5. The van der Waals surface area contributed by atoms with Gasteiger partial charge >= 0.3 is 0 Å². The SMILES string of the molecule is COCC(C)Oc1ncccc1CN. The van der Waals surface area contributed by atoms with Crippen molar-refractivity contribution in [3.63, 3.8) is 0 Å². The normalized spacial score (nSPS) is 12.5. The van der Waals surface area contributed by atoms with Crippen LogP contribution in [0.3, 0.4) is 0 Å². The summed E-state index contributed by atoms with van der Waals surface area (Å²) in [6.45, 7) is 2.90. The largest absolute Gasteiger partial charge is 0.472 e. The van der Waals surface area contributed by atoms with Crippen molar-refractivity contribution >= 4 is 0 Å². The van der Waals surface area contributed by atoms with Crippen molar-refractivity contribution in [1.82, 2.24) is 4.98 Å². The highest BCUT2D eigenvalue weighted by Crippen LogP contribution is 2.14. The Morgan fingerprint density at radius 1 is 1.57 bits per heavy atom. The fraction of sp³-hybridized carbons (Fsp3) is 0.500. The summed E-state index contributed by atoms with van der Waals surface area (Å²) in [5, 5.41) is 0. The molecule has 1 atom stereocenters. The molecule has 0 fully saturated rings. The van der Waals surface area contributed by atoms with Crippen LogP contribution in [-0.2, 0) is 11.3 Å². The van der Waals surface area contributed by atoms with Gasteiger partial charge in [0.1, 0.15) is 6.10 Å². The van der Waals surface area contributed by atoms with Crippen molar-refractivity contribution in [2.45, 2.75) is 19.6 Å². The molecule has 1 aromatic rings. The van der Waals surface area contributed by atoms with Crippen molar-refractivity contribution < 1.29 is 9.47 Å². The zero-order valence-corrected chi connectivity index (χ0v) is 8.56. The molecule has 0 aliphatic carbocycles. The van der Waals surface area contributed by atoms with E-state index in [-0.39, 0.29) is 6.10 Å². The van der Waals surface area contributed by atoms with Gasteiger partial charge in [-0.05, 0) is 13.0 Å². The lowest BCUT2D eigenvalue weighted by molar-refractivity contribution is 0.0882. The minimum Gasteiger partial charge on any atom is -0.472 e. The third-order valence-corrected chi connectivity index (χ3v) is 1.78. The van der Waals surface area contributed by atoms with Crippen LogP contribution >= 0.6 is 0 Å². The molecule has 0 saturated heterocycles. The molecule has 0 aliphatic rings. The number of ether oxygens (including phenoxy) is 2. The number of hydrogen-bond donors (Lipinski definition) is 1. The fourth-order valence-corrected chi connectivity index (χ4v) is 1.14. The van der Waals surface area contributed by atoms with Gasteiger partial charge in [-0.1, -0.05) is 6.07 Å². The Labute approximate surface area is 84.0 Å². The second-order valence-corrected chi connectivity index (χ2v) is 3.06. The van der Waals surface area contributed by atoms with Crippen molar-refractivity contribution in [1.29, 1.82) is 0 Å². The molecule has 4 nitrogen and oxygen atoms in total. The zero-order chi connectivity index (χ0) is 10.4. The Bertz CT molecular complexity index is 279. The second-order valence-electron chi connectivity index (χ2n) is 3.06. The van der Waals surface area contributed by atoms with Gasteiger partial charge < -0.3 is 15.2 Å². The third kappa shape index (κ3) is 2.97. The summed E-state index contributed by atoms with van der Waals surface area (Å²) in [6, 6.07) is 3.75. The molecule has 1 aromatic heterocycles. The van der Waals surface area contributed by atoms with Gasteiger partial charge in [-0.3, -0.25) is 0 Å². The molecule has 2 N–H and O–H groups in total. The van der Waals surface area contributed by atoms with Gasteiger partial charge in [-0.15, -0.1) is 0 Å². The molecular formula is C10H16N2O2. The lowest BCUT2D eigenvalue weighted by Gasteiger charge is -2.14. The number of pyridine rings is 1. The first-order valence-corrected chi connectivity index (χ1v) is 4.57. The average Bonchev–Trinajstić information content (AvgIpc) is 2.19. The molecule has 1 rings (SSSR count). The van der Waals surface area contributed by atoms with Crippen LogP contribution in [0.15, 0.2) is 18.3 Å². The van der Waals surface area contributed by atoms with Crippen molar-refractivity contribution in [3.05, 3.63) is 23.9 Å². The number of nitrogens with two attached hydrogens (primary N) is 1. The van der Waals surface area contributed by atoms with E-state index < -0.39 is 0 Å². The van der Waals surface area contributed by atoms with Crippen molar-refractivity contribution in [3.8, 4) is 5.88 Å². The van der Waals surface area contributed by atoms with Crippen LogP contribution in [0, 0.1) is 0 Å². The van der Waals surface area contributed by atoms with E-state index in [2.05, 4.69) is 4.98 Å². The minimum absolute atomic E-state index is 0.0137. The maximum absolute atomic E-state index is 5.56. The van der Waals surface area contributed by atoms with Crippen molar-refractivity contribution in [2.75, 3.05) is 13.7 Å². The molecule has 4 heteroatoms. The van der Waals surface area contributed by atoms with Gasteiger partial charge in [0.15, 0.2) is 0 Å². The Balaban J connectivity index is 2.65. The minimum atomic E-state index is -0.0137. The highest BCUT2D eigenvalue weighted by molar-refractivity contribution is 5.25. The first kappa shape index (κ1) is 10.9. The molecular weight excluding hydrogens is 180 g/mol. The lowest BCUT2D eigenvalue weighted by Crippen LogP contribution is -2.19. The van der Waals surface area contributed by atoms with E-state index in [1.165, 1.54) is 0 Å². The van der Waals surface area contributed by atoms with E-state index in [4.69, 9.17) is 15.2 Å². The smallest absolute Gasteiger partial charge is 0.218 e. The zero-order valence-electron chi connectivity index (χ0n) is 8.56. The molecule has 1 unspecified atom stereocenters. The fourth-order valence-electron chi connectivity index (χ4n) is 1.14. The molecule has 0 saturated carbocycles. The number of methoxy groups -OCH3 is 1. The van der Waals surface area contributed by atoms with Gasteiger partial charge in [-0.25, -0.2) is 4.98 Å². The monoisotopic (exact) mass is 196 g/mol. The summed E-state index contributed by atoms with van der Waals surface area (Å²) >= 11 is 0. The Morgan fingerprint density at radius 2 is 2.36 bits per heavy atom. The Kier molecular flexibility index (Phi) is 4.35. The summed E-state index contributed by atoms with van der Waals surface area (Å²) in [5.41, 5.74) is 6.46. The van der Waals surface area contributed by atoms with Crippen LogP contribution in [0.5, 0.6) is 5.88 Å². The molecule has 0 bridgehead atoms. The average molecular weight is 196 g/mol. The van der Waals surface area contributed by atoms with Crippen LogP contribution in [0.2, 0.25) is 0 Å². The van der Waals surface area contributed by atoms with Crippen LogP contribution in [0.25, 0.3) is 0 Å². The van der Waals surface area contributed by atoms with Gasteiger partial charge in [-0.2, -0.15) is 0 Å². The Morgan fingerprint density at radius 3 is 3.00 bits per heavy atom. The quantitative estimate of drug-likeness (QED) is 0.762. The van der Waals surface area contributed by atoms with Gasteiger partial charge in [0, 0.05) is 25.4 Å². The van der Waals surface area contributed by atoms with Crippen LogP contribution in [-0.4, -0.2) is 24.8 Å². The number of rotatable bonds is 5. The number of aromatic nitrogens is 1. The van der Waals surface area contributed by atoms with Gasteiger partial charge in [0.05, 0.1) is 6.61 Å². The predicted octanol–water partition coefficient (Wildman–Crippen LogP) is 0.954. The summed E-state index contributed by atoms with van der Waals surface area (Å²) in [7, 11) is 1.64. The molecule has 14 heavy (non-hydrogen) atoms. The highest BCUT2D eigenvalue weighted by Gasteiger charge is 2.07. The van der Waals surface area contributed by atoms with E-state index >= 15 is 0 Å². The summed E-state index contributed by atoms with van der Waals surface area (Å²) in [5.74, 6) is 0.597. The van der Waals surface area contributed by atoms with E-state index in [1.807, 2.05) is 19.1 Å². The first-order valence-electron chi connectivity index (χ1n) is 4.57. The number of hydrogen-bond acceptors (Lipinski definition) is 4. The molecule has 0 aliphatic heterocycles. The van der Waals surface area contributed by atoms with Crippen LogP contribution in [0.1, 0.15) is 12.5 Å². The first-order chi connectivity index (χ1) is 6.77. The van der Waals surface area contributed by atoms with Crippen molar-refractivity contribution in [2.24, 2.45) is 5.73 Å². The van der Waals surface area contributed by atoms with E-state index in [0.717, 1.165) is 5.56 Å². The maximum atomic E-state index is 5.56. The summed E-state index contributed by atoms with van der Waals surface area (Å²) < 4.78 is 10.5. The molecule has 78 valence electrons. The standard InChI is InChI=1S/C10H16N2O2/c1-8(7-13-2)14-10-9(6-11)4-3-5-12-10/h3-5,8H,6-7,11H2,1-2H3. The lowest BCUT2D eigenvalue weighted by atomic mass is 10.3. The van der Waals surface area contributed by atoms with Gasteiger partial charge in [0.2, 0.25) is 5.88 Å². The summed E-state index contributed by atoms with van der Waals surface area (Å²) in [6.07, 6.45) is 1.67. The van der Waals surface area contributed by atoms with E-state index in [1.54, 1.807) is 13.3 Å². The topological polar surface area (TPSA) is 57.4 Å². The number of nitrogens with zero attached hydrogens (tertiary/aromatic N) is 1. The van der Waals surface area contributed by atoms with E-state index in [9.17, 15) is 0 Å². The molecule has 0 radical (unpaired) electrons. The third-order valence-electron chi connectivity index (χ3n) is 1.78. The second kappa shape index (κ2) is 5.57. The molecule has 0 spiro atoms. The van der Waals surface area contributed by atoms with E-state index in [0.29, 0.717) is 19.0 Å². The van der Waals surface area contributed by atoms with Gasteiger partial charge in [0.25, 0.3) is 0 Å². The van der Waals surface area contributed by atoms with Crippen LogP contribution < -0.4 is 10.5 Å². The summed E-state index contributed by atoms with van der Waals surface area (Å²) in [4.78, 5) is 4.11. The molecule has 1 heterocycles. The molecule has 0 amide bonds. The predicted molar refractivity (Wildman–Crippen MR) is 54.1 cm³/mol.